The quantitative estimate of drug-likeness (QED) is 0.352. The van der Waals surface area contributed by atoms with E-state index < -0.39 is 0 Å². The Labute approximate surface area is 231 Å². The van der Waals surface area contributed by atoms with E-state index in [0.29, 0.717) is 64.4 Å². The molecule has 1 aliphatic carbocycles. The number of hydrogen-bond acceptors (Lipinski definition) is 8. The van der Waals surface area contributed by atoms with Gasteiger partial charge in [0.05, 0.1) is 38.4 Å². The average Bonchev–Trinajstić information content (AvgIpc) is 3.73. The number of carbonyl (C=O) groups is 2. The summed E-state index contributed by atoms with van der Waals surface area (Å²) in [6, 6.07) is 0. The van der Waals surface area contributed by atoms with Gasteiger partial charge in [0.25, 0.3) is 0 Å². The number of methoxy groups -OCH3 is 1. The molecule has 0 aromatic rings. The van der Waals surface area contributed by atoms with E-state index in [-0.39, 0.29) is 47.4 Å². The maximum absolute atomic E-state index is 13.4. The van der Waals surface area contributed by atoms with E-state index >= 15 is 0 Å². The van der Waals surface area contributed by atoms with Gasteiger partial charge >= 0.3 is 6.09 Å². The van der Waals surface area contributed by atoms with Crippen LogP contribution < -0.4 is 0 Å². The molecule has 6 aliphatic rings. The number of carbonyl (C=O) groups excluding carboxylic acids is 2. The monoisotopic (exact) mass is 547 g/mol. The third-order valence-electron chi connectivity index (χ3n) is 10.0. The summed E-state index contributed by atoms with van der Waals surface area (Å²) in [7, 11) is 1.71. The van der Waals surface area contributed by atoms with Crippen LogP contribution >= 0.6 is 0 Å². The summed E-state index contributed by atoms with van der Waals surface area (Å²) in [5, 5.41) is 0. The Morgan fingerprint density at radius 3 is 2.36 bits per heavy atom. The smallest absolute Gasteiger partial charge is 0.410 e. The zero-order valence-electron chi connectivity index (χ0n) is 23.9. The van der Waals surface area contributed by atoms with Crippen molar-refractivity contribution in [2.75, 3.05) is 72.7 Å². The predicted octanol–water partition coefficient (Wildman–Crippen LogP) is 1.92. The molecule has 6 rings (SSSR count). The van der Waals surface area contributed by atoms with Crippen LogP contribution in [0.4, 0.5) is 4.79 Å². The van der Waals surface area contributed by atoms with E-state index in [2.05, 4.69) is 31.7 Å². The second-order valence-corrected chi connectivity index (χ2v) is 12.9. The lowest BCUT2D eigenvalue weighted by Gasteiger charge is -2.43. The van der Waals surface area contributed by atoms with Crippen LogP contribution in [0, 0.1) is 17.8 Å². The van der Waals surface area contributed by atoms with Crippen LogP contribution in [0.25, 0.3) is 0 Å². The minimum atomic E-state index is -0.346. The highest BCUT2D eigenvalue weighted by atomic mass is 16.6. The van der Waals surface area contributed by atoms with E-state index in [4.69, 9.17) is 23.7 Å². The van der Waals surface area contributed by atoms with Crippen molar-refractivity contribution in [3.63, 3.8) is 0 Å². The maximum Gasteiger partial charge on any atom is 0.410 e. The molecule has 0 bridgehead atoms. The van der Waals surface area contributed by atoms with Gasteiger partial charge < -0.3 is 33.5 Å². The first-order chi connectivity index (χ1) is 18.7. The molecule has 8 atom stereocenters. The molecule has 5 saturated heterocycles. The van der Waals surface area contributed by atoms with Crippen LogP contribution in [0.1, 0.15) is 40.0 Å². The molecule has 1 saturated carbocycles. The largest absolute Gasteiger partial charge is 0.443 e. The molecule has 5 heterocycles. The maximum atomic E-state index is 13.4. The van der Waals surface area contributed by atoms with Crippen LogP contribution in [-0.4, -0.2) is 129 Å². The third kappa shape index (κ3) is 5.35. The van der Waals surface area contributed by atoms with Crippen LogP contribution in [0.3, 0.4) is 0 Å². The normalized spacial score (nSPS) is 41.4. The number of morpholine rings is 1. The summed E-state index contributed by atoms with van der Waals surface area (Å²) in [6.45, 7) is 13.2. The van der Waals surface area contributed by atoms with Gasteiger partial charge in [-0.05, 0) is 51.9 Å². The van der Waals surface area contributed by atoms with Gasteiger partial charge in [-0.1, -0.05) is 11.6 Å². The summed E-state index contributed by atoms with van der Waals surface area (Å²) in [5.74, 6) is 0.962. The lowest BCUT2D eigenvalue weighted by atomic mass is 9.68. The van der Waals surface area contributed by atoms with Crippen molar-refractivity contribution < 1.29 is 33.3 Å². The van der Waals surface area contributed by atoms with Gasteiger partial charge in [0.1, 0.15) is 23.4 Å². The van der Waals surface area contributed by atoms with Gasteiger partial charge in [0.2, 0.25) is 5.91 Å². The predicted molar refractivity (Wildman–Crippen MR) is 142 cm³/mol. The first kappa shape index (κ1) is 27.4. The SMILES string of the molecule is CO[C@H]1C([C@@]2(C)O[C@@H]2CC=C(C)C)[C@]2(CC[C@H]1OC(=O)N1C[C@H]3CN(CC(=O)N4CCOCC4)C[C@H]3C1)CO2. The summed E-state index contributed by atoms with van der Waals surface area (Å²) in [4.78, 5) is 32.0. The van der Waals surface area contributed by atoms with Gasteiger partial charge in [-0.25, -0.2) is 4.79 Å². The molecule has 2 amide bonds. The molecule has 1 spiro atoms. The van der Waals surface area contributed by atoms with Crippen molar-refractivity contribution in [3.05, 3.63) is 11.6 Å². The topological polar surface area (TPSA) is 96.6 Å². The molecule has 0 radical (unpaired) electrons. The first-order valence-corrected chi connectivity index (χ1v) is 14.7. The molecule has 39 heavy (non-hydrogen) atoms. The summed E-state index contributed by atoms with van der Waals surface area (Å²) in [6.07, 6.45) is 3.96. The van der Waals surface area contributed by atoms with Crippen LogP contribution in [-0.2, 0) is 28.5 Å². The van der Waals surface area contributed by atoms with Gasteiger partial charge in [-0.3, -0.25) is 9.69 Å². The Hall–Kier alpha value is -1.72. The number of allylic oxidation sites excluding steroid dienone is 1. The number of likely N-dealkylation sites (tertiary alicyclic amines) is 2. The second-order valence-electron chi connectivity index (χ2n) is 12.9. The number of nitrogens with zero attached hydrogens (tertiary/aromatic N) is 3. The standard InChI is InChI=1S/C29H45N3O7/c1-19(2)5-6-23-28(3,39-23)26-25(35-4)22(7-8-29(26)18-37-29)38-27(34)32-15-20-13-30(14-21(20)16-32)17-24(33)31-9-11-36-12-10-31/h5,20-23,25-26H,6-18H2,1-4H3/t20-,21+,22-,23-,25-,26?,28+,29+/m1/s1. The van der Waals surface area contributed by atoms with Crippen molar-refractivity contribution in [3.8, 4) is 0 Å². The minimum absolute atomic E-state index is 0.0210. The van der Waals surface area contributed by atoms with E-state index in [1.165, 1.54) is 5.57 Å². The highest BCUT2D eigenvalue weighted by Crippen LogP contribution is 2.59. The van der Waals surface area contributed by atoms with Crippen molar-refractivity contribution in [1.29, 1.82) is 0 Å². The molecule has 0 aromatic carbocycles. The zero-order valence-corrected chi connectivity index (χ0v) is 23.9. The van der Waals surface area contributed by atoms with Gasteiger partial charge in [-0.2, -0.15) is 0 Å². The molecular formula is C29H45N3O7. The Balaban J connectivity index is 1.03. The fourth-order valence-corrected chi connectivity index (χ4v) is 7.75. The molecule has 218 valence electrons. The Morgan fingerprint density at radius 1 is 1.05 bits per heavy atom. The van der Waals surface area contributed by atoms with E-state index in [9.17, 15) is 9.59 Å². The fourth-order valence-electron chi connectivity index (χ4n) is 7.75. The van der Waals surface area contributed by atoms with Crippen molar-refractivity contribution in [1.82, 2.24) is 14.7 Å². The molecule has 10 nitrogen and oxygen atoms in total. The lowest BCUT2D eigenvalue weighted by Crippen LogP contribution is -2.56. The number of fused-ring (bicyclic) bond motifs is 1. The molecule has 0 N–H and O–H groups in total. The first-order valence-electron chi connectivity index (χ1n) is 14.7. The van der Waals surface area contributed by atoms with Gasteiger partial charge in [0, 0.05) is 46.4 Å². The number of ether oxygens (including phenoxy) is 5. The number of rotatable bonds is 7. The Morgan fingerprint density at radius 2 is 1.74 bits per heavy atom. The average molecular weight is 548 g/mol. The van der Waals surface area contributed by atoms with Crippen LogP contribution in [0.2, 0.25) is 0 Å². The molecule has 5 aliphatic heterocycles. The summed E-state index contributed by atoms with van der Waals surface area (Å²) < 4.78 is 29.9. The lowest BCUT2D eigenvalue weighted by molar-refractivity contribution is -0.136. The van der Waals surface area contributed by atoms with E-state index in [0.717, 1.165) is 32.4 Å². The molecule has 0 aromatic heterocycles. The Kier molecular flexibility index (Phi) is 7.46. The van der Waals surface area contributed by atoms with Crippen molar-refractivity contribution >= 4 is 12.0 Å². The number of epoxide rings is 2. The summed E-state index contributed by atoms with van der Waals surface area (Å²) >= 11 is 0. The minimum Gasteiger partial charge on any atom is -0.443 e. The van der Waals surface area contributed by atoms with Crippen LogP contribution in [0.15, 0.2) is 11.6 Å². The number of hydrogen-bond donors (Lipinski definition) is 0. The van der Waals surface area contributed by atoms with E-state index in [1.807, 2.05) is 9.80 Å². The second kappa shape index (κ2) is 10.6. The highest BCUT2D eigenvalue weighted by Gasteiger charge is 2.72. The highest BCUT2D eigenvalue weighted by molar-refractivity contribution is 5.78. The van der Waals surface area contributed by atoms with Gasteiger partial charge in [-0.15, -0.1) is 0 Å². The number of amides is 2. The molecule has 1 unspecified atom stereocenters. The zero-order chi connectivity index (χ0) is 27.4. The fraction of sp³-hybridized carbons (Fsp3) is 0.862. The van der Waals surface area contributed by atoms with Gasteiger partial charge in [0.15, 0.2) is 0 Å². The third-order valence-corrected chi connectivity index (χ3v) is 10.0. The van der Waals surface area contributed by atoms with Crippen molar-refractivity contribution in [2.45, 2.75) is 69.5 Å². The van der Waals surface area contributed by atoms with Crippen molar-refractivity contribution in [2.24, 2.45) is 17.8 Å². The molecular weight excluding hydrogens is 502 g/mol. The van der Waals surface area contributed by atoms with Crippen LogP contribution in [0.5, 0.6) is 0 Å². The van der Waals surface area contributed by atoms with E-state index in [1.54, 1.807) is 7.11 Å². The molecule has 6 fully saturated rings. The summed E-state index contributed by atoms with van der Waals surface area (Å²) in [5.41, 5.74) is 0.706. The Bertz CT molecular complexity index is 962. The molecule has 10 heteroatoms.